The Balaban J connectivity index is 1.85. The average Bonchev–Trinajstić information content (AvgIpc) is 2.81. The first-order valence-corrected chi connectivity index (χ1v) is 11.3. The molecule has 2 N–H and O–H groups in total. The minimum Gasteiger partial charge on any atom is -0.487 e. The fourth-order valence-electron chi connectivity index (χ4n) is 3.81. The van der Waals surface area contributed by atoms with Crippen LogP contribution in [0.4, 0.5) is 20.6 Å². The van der Waals surface area contributed by atoms with E-state index < -0.39 is 6.10 Å². The Kier molecular flexibility index (Phi) is 7.98. The number of aliphatic hydroxyl groups is 1. The van der Waals surface area contributed by atoms with E-state index in [1.807, 2.05) is 32.0 Å². The molecule has 0 bridgehead atoms. The van der Waals surface area contributed by atoms with Crippen LogP contribution in [0.15, 0.2) is 42.5 Å². The van der Waals surface area contributed by atoms with Gasteiger partial charge in [0.2, 0.25) is 0 Å². The number of fused-ring (bicyclic) bond motifs is 1. The number of likely N-dealkylation sites (N-methyl/N-ethyl adjacent to an activating group) is 1. The third-order valence-electron chi connectivity index (χ3n) is 6.06. The summed E-state index contributed by atoms with van der Waals surface area (Å²) < 4.78 is 19.5. The molecule has 0 spiro atoms. The van der Waals surface area contributed by atoms with Crippen LogP contribution in [0, 0.1) is 11.7 Å². The number of rotatable bonds is 6. The lowest BCUT2D eigenvalue weighted by Gasteiger charge is -2.38. The second kappa shape index (κ2) is 10.7. The SMILES string of the molecule is C[C@@H]1CN([C@@H](C)CO)C(=O)c2cc(N(C)C)ccc2O[C@@H]1CN(C)C(=O)Nc1ccc(F)cc1. The number of carbonyl (C=O) groups is 2. The molecule has 0 unspecified atom stereocenters. The highest BCUT2D eigenvalue weighted by Gasteiger charge is 2.34. The Bertz CT molecular complexity index is 1010. The third kappa shape index (κ3) is 5.77. The highest BCUT2D eigenvalue weighted by Crippen LogP contribution is 2.31. The molecule has 0 radical (unpaired) electrons. The second-order valence-electron chi connectivity index (χ2n) is 9.02. The quantitative estimate of drug-likeness (QED) is 0.674. The van der Waals surface area contributed by atoms with E-state index in [1.165, 1.54) is 29.2 Å². The van der Waals surface area contributed by atoms with E-state index in [9.17, 15) is 19.1 Å². The summed E-state index contributed by atoms with van der Waals surface area (Å²) in [6.45, 7) is 4.23. The molecule has 0 saturated heterocycles. The summed E-state index contributed by atoms with van der Waals surface area (Å²) in [5.74, 6) is -0.265. The minimum absolute atomic E-state index is 0.124. The van der Waals surface area contributed by atoms with Crippen molar-refractivity contribution in [2.45, 2.75) is 26.0 Å². The molecule has 3 amide bonds. The number of ether oxygens (including phenoxy) is 1. The fourth-order valence-corrected chi connectivity index (χ4v) is 3.81. The van der Waals surface area contributed by atoms with Crippen molar-refractivity contribution in [2.24, 2.45) is 5.92 Å². The van der Waals surface area contributed by atoms with Crippen molar-refractivity contribution in [1.29, 1.82) is 0 Å². The summed E-state index contributed by atoms with van der Waals surface area (Å²) in [5.41, 5.74) is 1.76. The number of halogens is 1. The van der Waals surface area contributed by atoms with Crippen molar-refractivity contribution in [3.63, 3.8) is 0 Å². The van der Waals surface area contributed by atoms with Gasteiger partial charge in [-0.25, -0.2) is 9.18 Å². The highest BCUT2D eigenvalue weighted by molar-refractivity contribution is 5.98. The van der Waals surface area contributed by atoms with E-state index in [-0.39, 0.29) is 42.9 Å². The molecule has 9 heteroatoms. The maximum atomic E-state index is 13.4. The number of amides is 3. The van der Waals surface area contributed by atoms with E-state index >= 15 is 0 Å². The number of urea groups is 1. The van der Waals surface area contributed by atoms with Crippen LogP contribution >= 0.6 is 0 Å². The lowest BCUT2D eigenvalue weighted by Crippen LogP contribution is -2.50. The zero-order valence-electron chi connectivity index (χ0n) is 20.3. The predicted octanol–water partition coefficient (Wildman–Crippen LogP) is 3.28. The van der Waals surface area contributed by atoms with E-state index in [0.717, 1.165) is 5.69 Å². The highest BCUT2D eigenvalue weighted by atomic mass is 19.1. The van der Waals surface area contributed by atoms with E-state index in [1.54, 1.807) is 31.0 Å². The molecule has 184 valence electrons. The molecule has 8 nitrogen and oxygen atoms in total. The van der Waals surface area contributed by atoms with Gasteiger partial charge in [0.1, 0.15) is 17.7 Å². The Morgan fingerprint density at radius 2 is 1.91 bits per heavy atom. The molecule has 34 heavy (non-hydrogen) atoms. The standard InChI is InChI=1S/C25H33FN4O4/c1-16-13-30(17(2)15-31)24(32)21-12-20(28(3)4)10-11-22(21)34-23(16)14-29(5)25(33)27-19-8-6-18(26)7-9-19/h6-12,16-17,23,31H,13-15H2,1-5H3,(H,27,33)/t16-,17+,23-/m1/s1. The van der Waals surface area contributed by atoms with Gasteiger partial charge < -0.3 is 29.9 Å². The van der Waals surface area contributed by atoms with E-state index in [2.05, 4.69) is 5.32 Å². The number of nitrogens with one attached hydrogen (secondary N) is 1. The van der Waals surface area contributed by atoms with Crippen LogP contribution in [0.2, 0.25) is 0 Å². The number of aliphatic hydroxyl groups excluding tert-OH is 1. The van der Waals surface area contributed by atoms with Crippen molar-refractivity contribution in [3.05, 3.63) is 53.8 Å². The average molecular weight is 473 g/mol. The number of nitrogens with zero attached hydrogens (tertiary/aromatic N) is 3. The minimum atomic E-state index is -0.408. The zero-order chi connectivity index (χ0) is 25.0. The molecule has 1 heterocycles. The molecule has 3 atom stereocenters. The van der Waals surface area contributed by atoms with Crippen LogP contribution in [0.1, 0.15) is 24.2 Å². The molecule has 3 rings (SSSR count). The van der Waals surface area contributed by atoms with Gasteiger partial charge in [0.25, 0.3) is 5.91 Å². The van der Waals surface area contributed by atoms with Gasteiger partial charge in [-0.2, -0.15) is 0 Å². The van der Waals surface area contributed by atoms with Crippen LogP contribution < -0.4 is 15.0 Å². The smallest absolute Gasteiger partial charge is 0.321 e. The van der Waals surface area contributed by atoms with Gasteiger partial charge >= 0.3 is 6.03 Å². The first-order chi connectivity index (χ1) is 16.1. The summed E-state index contributed by atoms with van der Waals surface area (Å²) >= 11 is 0. The van der Waals surface area contributed by atoms with Crippen molar-refractivity contribution >= 4 is 23.3 Å². The van der Waals surface area contributed by atoms with Gasteiger partial charge in [-0.15, -0.1) is 0 Å². The van der Waals surface area contributed by atoms with Crippen molar-refractivity contribution in [2.75, 3.05) is 51.1 Å². The Morgan fingerprint density at radius 3 is 2.53 bits per heavy atom. The Hall–Kier alpha value is -3.33. The van der Waals surface area contributed by atoms with Gasteiger partial charge in [-0.3, -0.25) is 4.79 Å². The first kappa shape index (κ1) is 25.3. The van der Waals surface area contributed by atoms with Crippen LogP contribution in [0.5, 0.6) is 5.75 Å². The van der Waals surface area contributed by atoms with Crippen molar-refractivity contribution in [1.82, 2.24) is 9.80 Å². The van der Waals surface area contributed by atoms with Crippen LogP contribution in [0.25, 0.3) is 0 Å². The molecule has 1 aliphatic heterocycles. The molecule has 2 aromatic rings. The summed E-state index contributed by atoms with van der Waals surface area (Å²) in [4.78, 5) is 31.2. The number of hydrogen-bond donors (Lipinski definition) is 2. The molecule has 0 saturated carbocycles. The first-order valence-electron chi connectivity index (χ1n) is 11.3. The van der Waals surface area contributed by atoms with E-state index in [0.29, 0.717) is 23.5 Å². The predicted molar refractivity (Wildman–Crippen MR) is 130 cm³/mol. The molecule has 0 fully saturated rings. The number of hydrogen-bond acceptors (Lipinski definition) is 5. The lowest BCUT2D eigenvalue weighted by molar-refractivity contribution is 0.0371. The normalized spacial score (nSPS) is 18.8. The monoisotopic (exact) mass is 472 g/mol. The van der Waals surface area contributed by atoms with Crippen LogP contribution in [0.3, 0.4) is 0 Å². The maximum Gasteiger partial charge on any atom is 0.321 e. The van der Waals surface area contributed by atoms with Crippen molar-refractivity contribution in [3.8, 4) is 5.75 Å². The van der Waals surface area contributed by atoms with Gasteiger partial charge in [0.05, 0.1) is 24.8 Å². The van der Waals surface area contributed by atoms with Crippen LogP contribution in [-0.2, 0) is 0 Å². The summed E-state index contributed by atoms with van der Waals surface area (Å²) in [6.07, 6.45) is -0.408. The lowest BCUT2D eigenvalue weighted by atomic mass is 9.99. The molecule has 0 aliphatic carbocycles. The summed E-state index contributed by atoms with van der Waals surface area (Å²) in [6, 6.07) is 10.3. The number of benzene rings is 2. The molecular formula is C25H33FN4O4. The van der Waals surface area contributed by atoms with Gasteiger partial charge in [-0.05, 0) is 49.4 Å². The van der Waals surface area contributed by atoms with Gasteiger partial charge in [0.15, 0.2) is 0 Å². The molecule has 1 aliphatic rings. The van der Waals surface area contributed by atoms with Gasteiger partial charge in [0, 0.05) is 45.0 Å². The van der Waals surface area contributed by atoms with Crippen LogP contribution in [-0.4, -0.2) is 79.8 Å². The number of anilines is 2. The molecule has 0 aromatic heterocycles. The Labute approximate surface area is 199 Å². The number of carbonyl (C=O) groups excluding carboxylic acids is 2. The van der Waals surface area contributed by atoms with Crippen molar-refractivity contribution < 1.29 is 23.8 Å². The van der Waals surface area contributed by atoms with E-state index in [4.69, 9.17) is 4.74 Å². The zero-order valence-corrected chi connectivity index (χ0v) is 20.3. The maximum absolute atomic E-state index is 13.4. The van der Waals surface area contributed by atoms with Gasteiger partial charge in [-0.1, -0.05) is 6.92 Å². The molecule has 2 aromatic carbocycles. The topological polar surface area (TPSA) is 85.4 Å². The summed E-state index contributed by atoms with van der Waals surface area (Å²) in [7, 11) is 5.44. The largest absolute Gasteiger partial charge is 0.487 e. The Morgan fingerprint density at radius 1 is 1.24 bits per heavy atom. The fraction of sp³-hybridized carbons (Fsp3) is 0.440. The third-order valence-corrected chi connectivity index (χ3v) is 6.06. The molecular weight excluding hydrogens is 439 g/mol. The summed E-state index contributed by atoms with van der Waals surface area (Å²) in [5, 5.41) is 12.5. The second-order valence-corrected chi connectivity index (χ2v) is 9.02.